The van der Waals surface area contributed by atoms with Crippen molar-refractivity contribution in [2.75, 3.05) is 0 Å². The van der Waals surface area contributed by atoms with Crippen molar-refractivity contribution in [1.82, 2.24) is 0 Å². The quantitative estimate of drug-likeness (QED) is 0.286. The summed E-state index contributed by atoms with van der Waals surface area (Å²) in [5.74, 6) is -14.8. The van der Waals surface area contributed by atoms with Gasteiger partial charge in [0.25, 0.3) is 0 Å². The Morgan fingerprint density at radius 1 is 0.619 bits per heavy atom. The van der Waals surface area contributed by atoms with Crippen LogP contribution in [0.4, 0.5) is 22.0 Å². The van der Waals surface area contributed by atoms with Crippen LogP contribution in [0.25, 0.3) is 0 Å². The zero-order chi connectivity index (χ0) is 15.7. The molecular weight excluding hydrogens is 295 g/mol. The van der Waals surface area contributed by atoms with Crippen LogP contribution in [0.1, 0.15) is 20.7 Å². The Bertz CT molecular complexity index is 712. The number of ketones is 2. The maximum atomic E-state index is 13.4. The average Bonchev–Trinajstić information content (AvgIpc) is 2.51. The molecule has 2 rings (SSSR count). The summed E-state index contributed by atoms with van der Waals surface area (Å²) in [6, 6.07) is 6.61. The number of hydrogen-bond donors (Lipinski definition) is 0. The lowest BCUT2D eigenvalue weighted by atomic mass is 10.00. The van der Waals surface area contributed by atoms with Gasteiger partial charge in [-0.1, -0.05) is 30.3 Å². The van der Waals surface area contributed by atoms with Gasteiger partial charge in [0, 0.05) is 5.56 Å². The molecule has 108 valence electrons. The summed E-state index contributed by atoms with van der Waals surface area (Å²) in [5.41, 5.74) is -1.99. The zero-order valence-electron chi connectivity index (χ0n) is 10.1. The number of carbonyl (C=O) groups excluding carboxylic acids is 2. The van der Waals surface area contributed by atoms with Gasteiger partial charge in [0.2, 0.25) is 17.4 Å². The van der Waals surface area contributed by atoms with Gasteiger partial charge in [-0.3, -0.25) is 9.59 Å². The molecule has 0 unspecified atom stereocenters. The van der Waals surface area contributed by atoms with E-state index in [-0.39, 0.29) is 5.56 Å². The summed E-state index contributed by atoms with van der Waals surface area (Å²) in [5, 5.41) is 0. The normalized spacial score (nSPS) is 10.5. The number of rotatable bonds is 3. The van der Waals surface area contributed by atoms with E-state index in [1.165, 1.54) is 30.3 Å². The third kappa shape index (κ3) is 2.42. The zero-order valence-corrected chi connectivity index (χ0v) is 10.1. The fourth-order valence-corrected chi connectivity index (χ4v) is 1.64. The number of halogens is 5. The van der Waals surface area contributed by atoms with Gasteiger partial charge >= 0.3 is 0 Å². The lowest BCUT2D eigenvalue weighted by molar-refractivity contribution is 0.0810. The minimum Gasteiger partial charge on any atom is -0.285 e. The van der Waals surface area contributed by atoms with E-state index in [9.17, 15) is 31.5 Å². The minimum atomic E-state index is -2.39. The van der Waals surface area contributed by atoms with Crippen molar-refractivity contribution >= 4 is 11.6 Å². The average molecular weight is 300 g/mol. The standard InChI is InChI=1S/C14H5F5O2/c15-8-7(9(16)11(18)12(19)10(8)17)14(21)13(20)6-4-2-1-3-5-6/h1-5H. The van der Waals surface area contributed by atoms with Gasteiger partial charge in [-0.05, 0) is 0 Å². The highest BCUT2D eigenvalue weighted by Gasteiger charge is 2.32. The predicted molar refractivity (Wildman–Crippen MR) is 61.3 cm³/mol. The number of carbonyl (C=O) groups is 2. The number of Topliss-reactive ketones (excluding diaryl/α,β-unsaturated/α-hetero) is 2. The molecule has 2 aromatic carbocycles. The molecule has 0 N–H and O–H groups in total. The molecule has 0 aromatic heterocycles. The third-order valence-corrected chi connectivity index (χ3v) is 2.68. The van der Waals surface area contributed by atoms with Gasteiger partial charge in [0.05, 0.1) is 0 Å². The molecule has 0 saturated heterocycles. The first-order valence-electron chi connectivity index (χ1n) is 5.51. The summed E-state index contributed by atoms with van der Waals surface area (Å²) in [6.45, 7) is 0. The molecule has 2 nitrogen and oxygen atoms in total. The topological polar surface area (TPSA) is 34.1 Å². The smallest absolute Gasteiger partial charge is 0.239 e. The monoisotopic (exact) mass is 300 g/mol. The first kappa shape index (κ1) is 14.8. The van der Waals surface area contributed by atoms with E-state index >= 15 is 0 Å². The number of hydrogen-bond acceptors (Lipinski definition) is 2. The molecule has 7 heteroatoms. The number of benzene rings is 2. The van der Waals surface area contributed by atoms with E-state index in [2.05, 4.69) is 0 Å². The van der Waals surface area contributed by atoms with Crippen LogP contribution in [0.2, 0.25) is 0 Å². The molecule has 0 bridgehead atoms. The van der Waals surface area contributed by atoms with E-state index in [4.69, 9.17) is 0 Å². The lowest BCUT2D eigenvalue weighted by Gasteiger charge is -2.06. The van der Waals surface area contributed by atoms with Crippen molar-refractivity contribution in [3.05, 3.63) is 70.5 Å². The van der Waals surface area contributed by atoms with Crippen LogP contribution in [-0.4, -0.2) is 11.6 Å². The Labute approximate surface area is 114 Å². The second-order valence-corrected chi connectivity index (χ2v) is 3.97. The van der Waals surface area contributed by atoms with Crippen LogP contribution < -0.4 is 0 Å². The van der Waals surface area contributed by atoms with Crippen LogP contribution in [0.15, 0.2) is 30.3 Å². The summed E-state index contributed by atoms with van der Waals surface area (Å²) < 4.78 is 65.7. The van der Waals surface area contributed by atoms with Crippen molar-refractivity contribution in [3.8, 4) is 0 Å². The Morgan fingerprint density at radius 3 is 1.52 bits per heavy atom. The van der Waals surface area contributed by atoms with Crippen LogP contribution in [0.5, 0.6) is 0 Å². The van der Waals surface area contributed by atoms with Crippen LogP contribution in [0, 0.1) is 29.1 Å². The highest BCUT2D eigenvalue weighted by Crippen LogP contribution is 2.24. The Hall–Kier alpha value is -2.57. The highest BCUT2D eigenvalue weighted by molar-refractivity contribution is 6.49. The van der Waals surface area contributed by atoms with Crippen molar-refractivity contribution in [3.63, 3.8) is 0 Å². The van der Waals surface area contributed by atoms with Crippen molar-refractivity contribution in [1.29, 1.82) is 0 Å². The summed E-state index contributed by atoms with van der Waals surface area (Å²) in [6.07, 6.45) is 0. The molecule has 0 fully saturated rings. The SMILES string of the molecule is O=C(C(=O)c1c(F)c(F)c(F)c(F)c1F)c1ccccc1. The van der Waals surface area contributed by atoms with Gasteiger partial charge in [0.15, 0.2) is 23.3 Å². The van der Waals surface area contributed by atoms with E-state index in [0.29, 0.717) is 0 Å². The molecule has 0 aliphatic carbocycles. The molecule has 21 heavy (non-hydrogen) atoms. The molecule has 0 heterocycles. The van der Waals surface area contributed by atoms with E-state index in [1.807, 2.05) is 0 Å². The van der Waals surface area contributed by atoms with Crippen molar-refractivity contribution in [2.45, 2.75) is 0 Å². The van der Waals surface area contributed by atoms with E-state index in [1.54, 1.807) is 0 Å². The maximum absolute atomic E-state index is 13.4. The molecular formula is C14H5F5O2. The molecule has 0 aliphatic rings. The Morgan fingerprint density at radius 2 is 1.05 bits per heavy atom. The van der Waals surface area contributed by atoms with Crippen LogP contribution >= 0.6 is 0 Å². The summed E-state index contributed by atoms with van der Waals surface area (Å²) in [7, 11) is 0. The van der Waals surface area contributed by atoms with E-state index in [0.717, 1.165) is 0 Å². The first-order chi connectivity index (χ1) is 9.86. The molecule has 0 atom stereocenters. The van der Waals surface area contributed by atoms with Gasteiger partial charge in [-0.15, -0.1) is 0 Å². The highest BCUT2D eigenvalue weighted by atomic mass is 19.2. The Balaban J connectivity index is 2.58. The van der Waals surface area contributed by atoms with Crippen molar-refractivity contribution in [2.24, 2.45) is 0 Å². The maximum Gasteiger partial charge on any atom is 0.239 e. The summed E-state index contributed by atoms with van der Waals surface area (Å²) >= 11 is 0. The lowest BCUT2D eigenvalue weighted by Crippen LogP contribution is -2.20. The molecule has 0 saturated carbocycles. The van der Waals surface area contributed by atoms with Gasteiger partial charge in [-0.2, -0.15) is 0 Å². The summed E-state index contributed by atoms with van der Waals surface area (Å²) in [4.78, 5) is 23.5. The minimum absolute atomic E-state index is 0.230. The molecule has 0 spiro atoms. The van der Waals surface area contributed by atoms with Crippen LogP contribution in [-0.2, 0) is 0 Å². The molecule has 0 aliphatic heterocycles. The Kier molecular flexibility index (Phi) is 3.84. The second-order valence-electron chi connectivity index (χ2n) is 3.97. The molecule has 0 radical (unpaired) electrons. The van der Waals surface area contributed by atoms with Crippen molar-refractivity contribution < 1.29 is 31.5 Å². The fraction of sp³-hybridized carbons (Fsp3) is 0. The van der Waals surface area contributed by atoms with Gasteiger partial charge in [-0.25, -0.2) is 22.0 Å². The second kappa shape index (κ2) is 5.43. The fourth-order valence-electron chi connectivity index (χ4n) is 1.64. The molecule has 2 aromatic rings. The first-order valence-corrected chi connectivity index (χ1v) is 5.51. The van der Waals surface area contributed by atoms with Gasteiger partial charge in [0.1, 0.15) is 5.56 Å². The molecule has 0 amide bonds. The van der Waals surface area contributed by atoms with E-state index < -0.39 is 46.2 Å². The van der Waals surface area contributed by atoms with Crippen LogP contribution in [0.3, 0.4) is 0 Å². The van der Waals surface area contributed by atoms with Gasteiger partial charge < -0.3 is 0 Å². The predicted octanol–water partition coefficient (Wildman–Crippen LogP) is 3.45. The largest absolute Gasteiger partial charge is 0.285 e. The third-order valence-electron chi connectivity index (χ3n) is 2.68.